The normalized spacial score (nSPS) is 17.0. The molecule has 0 saturated carbocycles. The largest absolute Gasteiger partial charge is 0.497 e. The number of amides is 1. The van der Waals surface area contributed by atoms with Crippen LogP contribution >= 0.6 is 0 Å². The van der Waals surface area contributed by atoms with Crippen LogP contribution in [0, 0.1) is 5.92 Å². The quantitative estimate of drug-likeness (QED) is 0.488. The molecule has 1 atom stereocenters. The molecule has 1 fully saturated rings. The standard InChI is InChI=1S/C23H32N4O3/c1-29-20-8-6-18(7-9-20)10-12-25-23(26-13-11-21-5-3-15-30-21)27-14-2-4-19(17-27)16-22(24)28/h3,5-9,15,19H,2,4,10-14,16-17H2,1H3,(H2,24,28)(H,25,26). The van der Waals surface area contributed by atoms with Crippen LogP contribution in [0.15, 0.2) is 52.1 Å². The van der Waals surface area contributed by atoms with Crippen molar-refractivity contribution in [3.05, 3.63) is 54.0 Å². The highest BCUT2D eigenvalue weighted by atomic mass is 16.5. The van der Waals surface area contributed by atoms with E-state index in [0.29, 0.717) is 13.0 Å². The molecule has 0 radical (unpaired) electrons. The lowest BCUT2D eigenvalue weighted by Gasteiger charge is -2.34. The number of carbonyl (C=O) groups excluding carboxylic acids is 1. The number of piperidine rings is 1. The third-order valence-electron chi connectivity index (χ3n) is 5.36. The Bertz CT molecular complexity index is 802. The van der Waals surface area contributed by atoms with Gasteiger partial charge < -0.3 is 25.1 Å². The first-order chi connectivity index (χ1) is 14.6. The molecule has 3 N–H and O–H groups in total. The molecule has 3 rings (SSSR count). The van der Waals surface area contributed by atoms with Gasteiger partial charge in [0.25, 0.3) is 0 Å². The van der Waals surface area contributed by atoms with E-state index in [2.05, 4.69) is 22.3 Å². The molecular formula is C23H32N4O3. The zero-order chi connectivity index (χ0) is 21.2. The van der Waals surface area contributed by atoms with Crippen molar-refractivity contribution in [3.8, 4) is 5.75 Å². The maximum Gasteiger partial charge on any atom is 0.217 e. The van der Waals surface area contributed by atoms with Crippen LogP contribution in [0.1, 0.15) is 30.6 Å². The summed E-state index contributed by atoms with van der Waals surface area (Å²) >= 11 is 0. The lowest BCUT2D eigenvalue weighted by molar-refractivity contribution is -0.119. The van der Waals surface area contributed by atoms with Crippen molar-refractivity contribution in [1.82, 2.24) is 10.2 Å². The molecule has 0 aliphatic carbocycles. The van der Waals surface area contributed by atoms with Crippen molar-refractivity contribution in [1.29, 1.82) is 0 Å². The summed E-state index contributed by atoms with van der Waals surface area (Å²) in [6, 6.07) is 12.0. The first kappa shape index (κ1) is 21.7. The summed E-state index contributed by atoms with van der Waals surface area (Å²) in [6.45, 7) is 3.17. The average molecular weight is 413 g/mol. The molecule has 30 heavy (non-hydrogen) atoms. The zero-order valence-electron chi connectivity index (χ0n) is 17.7. The number of primary amides is 1. The Hall–Kier alpha value is -2.96. The number of carbonyl (C=O) groups is 1. The van der Waals surface area contributed by atoms with Crippen LogP contribution in [0.5, 0.6) is 5.75 Å². The van der Waals surface area contributed by atoms with E-state index in [1.165, 1.54) is 5.56 Å². The van der Waals surface area contributed by atoms with Gasteiger partial charge in [0.15, 0.2) is 5.96 Å². The summed E-state index contributed by atoms with van der Waals surface area (Å²) in [7, 11) is 1.67. The highest BCUT2D eigenvalue weighted by Gasteiger charge is 2.23. The van der Waals surface area contributed by atoms with Gasteiger partial charge in [-0.1, -0.05) is 12.1 Å². The number of nitrogens with two attached hydrogens (primary N) is 1. The molecule has 7 nitrogen and oxygen atoms in total. The summed E-state index contributed by atoms with van der Waals surface area (Å²) in [5, 5.41) is 3.52. The number of nitrogens with one attached hydrogen (secondary N) is 1. The van der Waals surface area contributed by atoms with Crippen LogP contribution in [-0.2, 0) is 17.6 Å². The van der Waals surface area contributed by atoms with E-state index in [4.69, 9.17) is 19.9 Å². The van der Waals surface area contributed by atoms with E-state index in [1.807, 2.05) is 24.3 Å². The molecule has 1 amide bonds. The molecule has 0 bridgehead atoms. The highest BCUT2D eigenvalue weighted by Crippen LogP contribution is 2.19. The number of likely N-dealkylation sites (tertiary alicyclic amines) is 1. The third-order valence-corrected chi connectivity index (χ3v) is 5.36. The van der Waals surface area contributed by atoms with E-state index in [1.54, 1.807) is 13.4 Å². The molecular weight excluding hydrogens is 380 g/mol. The molecule has 0 spiro atoms. The van der Waals surface area contributed by atoms with Gasteiger partial charge in [0.05, 0.1) is 13.4 Å². The summed E-state index contributed by atoms with van der Waals surface area (Å²) in [5.41, 5.74) is 6.66. The van der Waals surface area contributed by atoms with Gasteiger partial charge in [0.1, 0.15) is 11.5 Å². The third kappa shape index (κ3) is 6.83. The minimum absolute atomic E-state index is 0.231. The molecule has 1 aromatic carbocycles. The Morgan fingerprint density at radius 1 is 1.30 bits per heavy atom. The van der Waals surface area contributed by atoms with E-state index in [9.17, 15) is 4.79 Å². The fourth-order valence-corrected chi connectivity index (χ4v) is 3.81. The van der Waals surface area contributed by atoms with Gasteiger partial charge in [0, 0.05) is 39.0 Å². The summed E-state index contributed by atoms with van der Waals surface area (Å²) in [6.07, 6.45) is 5.84. The van der Waals surface area contributed by atoms with Gasteiger partial charge in [-0.05, 0) is 55.0 Å². The molecule has 7 heteroatoms. The van der Waals surface area contributed by atoms with Crippen molar-refractivity contribution < 1.29 is 13.9 Å². The Balaban J connectivity index is 1.59. The average Bonchev–Trinajstić information content (AvgIpc) is 3.26. The highest BCUT2D eigenvalue weighted by molar-refractivity contribution is 5.80. The number of aliphatic imine (C=N–C) groups is 1. The molecule has 162 valence electrons. The maximum absolute atomic E-state index is 11.4. The van der Waals surface area contributed by atoms with E-state index >= 15 is 0 Å². The predicted octanol–water partition coefficient (Wildman–Crippen LogP) is 2.61. The summed E-state index contributed by atoms with van der Waals surface area (Å²) in [4.78, 5) is 18.4. The minimum atomic E-state index is -0.231. The van der Waals surface area contributed by atoms with Gasteiger partial charge in [0.2, 0.25) is 5.91 Å². The number of furan rings is 1. The molecule has 1 aliphatic heterocycles. The molecule has 1 aliphatic rings. The van der Waals surface area contributed by atoms with Gasteiger partial charge in [-0.2, -0.15) is 0 Å². The lowest BCUT2D eigenvalue weighted by Crippen LogP contribution is -2.47. The van der Waals surface area contributed by atoms with E-state index in [0.717, 1.165) is 62.8 Å². The monoisotopic (exact) mass is 412 g/mol. The minimum Gasteiger partial charge on any atom is -0.497 e. The van der Waals surface area contributed by atoms with Crippen molar-refractivity contribution in [2.24, 2.45) is 16.6 Å². The first-order valence-corrected chi connectivity index (χ1v) is 10.6. The fraction of sp³-hybridized carbons (Fsp3) is 0.478. The van der Waals surface area contributed by atoms with Gasteiger partial charge in [-0.25, -0.2) is 0 Å². The fourth-order valence-electron chi connectivity index (χ4n) is 3.81. The number of guanidine groups is 1. The second-order valence-electron chi connectivity index (χ2n) is 7.68. The number of ether oxygens (including phenoxy) is 1. The Morgan fingerprint density at radius 3 is 2.83 bits per heavy atom. The number of rotatable bonds is 9. The number of hydrogen-bond acceptors (Lipinski definition) is 4. The van der Waals surface area contributed by atoms with Crippen LogP contribution < -0.4 is 15.8 Å². The summed E-state index contributed by atoms with van der Waals surface area (Å²) < 4.78 is 10.6. The predicted molar refractivity (Wildman–Crippen MR) is 118 cm³/mol. The Kier molecular flexibility index (Phi) is 8.18. The summed E-state index contributed by atoms with van der Waals surface area (Å²) in [5.74, 6) is 2.74. The van der Waals surface area contributed by atoms with Crippen molar-refractivity contribution in [3.63, 3.8) is 0 Å². The van der Waals surface area contributed by atoms with Crippen molar-refractivity contribution >= 4 is 11.9 Å². The van der Waals surface area contributed by atoms with Crippen LogP contribution in [0.25, 0.3) is 0 Å². The number of benzene rings is 1. The SMILES string of the molecule is COc1ccc(CCNC(=NCCc2ccco2)N2CCCC(CC(N)=O)C2)cc1. The van der Waals surface area contributed by atoms with Gasteiger partial charge in [-0.15, -0.1) is 0 Å². The topological polar surface area (TPSA) is 93.1 Å². The Morgan fingerprint density at radius 2 is 2.13 bits per heavy atom. The molecule has 1 unspecified atom stereocenters. The lowest BCUT2D eigenvalue weighted by atomic mass is 9.95. The van der Waals surface area contributed by atoms with Crippen molar-refractivity contribution in [2.75, 3.05) is 33.3 Å². The van der Waals surface area contributed by atoms with Crippen LogP contribution in [-0.4, -0.2) is 50.1 Å². The number of hydrogen-bond donors (Lipinski definition) is 2. The zero-order valence-corrected chi connectivity index (χ0v) is 17.7. The number of methoxy groups -OCH3 is 1. The molecule has 1 aromatic heterocycles. The van der Waals surface area contributed by atoms with Crippen LogP contribution in [0.2, 0.25) is 0 Å². The number of nitrogens with zero attached hydrogens (tertiary/aromatic N) is 2. The molecule has 2 heterocycles. The maximum atomic E-state index is 11.4. The van der Waals surface area contributed by atoms with Gasteiger partial charge in [-0.3, -0.25) is 9.79 Å². The van der Waals surface area contributed by atoms with Crippen LogP contribution in [0.4, 0.5) is 0 Å². The second kappa shape index (κ2) is 11.3. The second-order valence-corrected chi connectivity index (χ2v) is 7.68. The van der Waals surface area contributed by atoms with Crippen LogP contribution in [0.3, 0.4) is 0 Å². The van der Waals surface area contributed by atoms with Crippen molar-refractivity contribution in [2.45, 2.75) is 32.1 Å². The van der Waals surface area contributed by atoms with E-state index in [-0.39, 0.29) is 11.8 Å². The molecule has 1 saturated heterocycles. The smallest absolute Gasteiger partial charge is 0.217 e. The molecule has 2 aromatic rings. The van der Waals surface area contributed by atoms with E-state index < -0.39 is 0 Å². The first-order valence-electron chi connectivity index (χ1n) is 10.6. The Labute approximate surface area is 178 Å². The van der Waals surface area contributed by atoms with Gasteiger partial charge >= 0.3 is 0 Å².